The number of hydrogen-bond acceptors (Lipinski definition) is 5. The standard InChI is InChI=1S/C19H25N3O4S/c1-14(2)8-9-21-19(23)18-7-5-4-6-15(18)13-27(24,25)22-16-10-17(26-3)12-20-11-16/h4-7,10-12,14,22H,8-9,13H2,1-3H3,(H,21,23). The lowest BCUT2D eigenvalue weighted by Gasteiger charge is -2.13. The van der Waals surface area contributed by atoms with Gasteiger partial charge in [-0.3, -0.25) is 14.5 Å². The molecule has 0 aliphatic carbocycles. The molecule has 0 bridgehead atoms. The van der Waals surface area contributed by atoms with Crippen LogP contribution in [0.25, 0.3) is 0 Å². The molecule has 1 aromatic heterocycles. The molecule has 27 heavy (non-hydrogen) atoms. The van der Waals surface area contributed by atoms with Gasteiger partial charge in [-0.15, -0.1) is 0 Å². The number of ether oxygens (including phenoxy) is 1. The fraction of sp³-hybridized carbons (Fsp3) is 0.368. The number of methoxy groups -OCH3 is 1. The third-order valence-electron chi connectivity index (χ3n) is 3.84. The van der Waals surface area contributed by atoms with E-state index in [0.29, 0.717) is 35.0 Å². The lowest BCUT2D eigenvalue weighted by molar-refractivity contribution is 0.0951. The zero-order chi connectivity index (χ0) is 19.9. The SMILES string of the molecule is COc1cncc(NS(=O)(=O)Cc2ccccc2C(=O)NCCC(C)C)c1. The van der Waals surface area contributed by atoms with Crippen LogP contribution in [-0.2, 0) is 15.8 Å². The predicted molar refractivity (Wildman–Crippen MR) is 105 cm³/mol. The molecule has 8 heteroatoms. The van der Waals surface area contributed by atoms with Gasteiger partial charge in [0.15, 0.2) is 0 Å². The number of benzene rings is 1. The topological polar surface area (TPSA) is 97.4 Å². The minimum absolute atomic E-state index is 0.274. The highest BCUT2D eigenvalue weighted by Crippen LogP contribution is 2.19. The van der Waals surface area contributed by atoms with Crippen molar-refractivity contribution in [1.29, 1.82) is 0 Å². The van der Waals surface area contributed by atoms with Gasteiger partial charge in [-0.05, 0) is 24.0 Å². The summed E-state index contributed by atoms with van der Waals surface area (Å²) in [5, 5.41) is 2.84. The minimum Gasteiger partial charge on any atom is -0.495 e. The Morgan fingerprint density at radius 3 is 2.67 bits per heavy atom. The monoisotopic (exact) mass is 391 g/mol. The van der Waals surface area contributed by atoms with E-state index in [0.717, 1.165) is 6.42 Å². The minimum atomic E-state index is -3.73. The van der Waals surface area contributed by atoms with Gasteiger partial charge >= 0.3 is 0 Å². The lowest BCUT2D eigenvalue weighted by Crippen LogP contribution is -2.27. The van der Waals surface area contributed by atoms with E-state index in [1.807, 2.05) is 0 Å². The van der Waals surface area contributed by atoms with E-state index in [9.17, 15) is 13.2 Å². The molecule has 2 aromatic rings. The first-order valence-electron chi connectivity index (χ1n) is 8.66. The van der Waals surface area contributed by atoms with Crippen molar-refractivity contribution in [2.45, 2.75) is 26.0 Å². The summed E-state index contributed by atoms with van der Waals surface area (Å²) in [5.41, 5.74) is 1.09. The van der Waals surface area contributed by atoms with E-state index in [1.165, 1.54) is 25.6 Å². The van der Waals surface area contributed by atoms with Gasteiger partial charge < -0.3 is 10.1 Å². The van der Waals surface area contributed by atoms with Crippen molar-refractivity contribution in [2.75, 3.05) is 18.4 Å². The van der Waals surface area contributed by atoms with Crippen molar-refractivity contribution in [1.82, 2.24) is 10.3 Å². The van der Waals surface area contributed by atoms with Crippen molar-refractivity contribution in [2.24, 2.45) is 5.92 Å². The van der Waals surface area contributed by atoms with Crippen molar-refractivity contribution in [3.05, 3.63) is 53.9 Å². The van der Waals surface area contributed by atoms with Crippen LogP contribution in [0.15, 0.2) is 42.7 Å². The van der Waals surface area contributed by atoms with E-state index in [2.05, 4.69) is 28.9 Å². The van der Waals surface area contributed by atoms with Crippen LogP contribution < -0.4 is 14.8 Å². The zero-order valence-corrected chi connectivity index (χ0v) is 16.5. The molecule has 0 aliphatic heterocycles. The van der Waals surface area contributed by atoms with Crippen LogP contribution in [0, 0.1) is 5.92 Å². The van der Waals surface area contributed by atoms with Crippen LogP contribution in [0.5, 0.6) is 5.75 Å². The molecular weight excluding hydrogens is 366 g/mol. The Hall–Kier alpha value is -2.61. The smallest absolute Gasteiger partial charge is 0.251 e. The van der Waals surface area contributed by atoms with Gasteiger partial charge in [0.2, 0.25) is 10.0 Å². The molecular formula is C19H25N3O4S. The van der Waals surface area contributed by atoms with Crippen molar-refractivity contribution < 1.29 is 17.9 Å². The molecule has 1 amide bonds. The number of amides is 1. The zero-order valence-electron chi connectivity index (χ0n) is 15.7. The number of aromatic nitrogens is 1. The summed E-state index contributed by atoms with van der Waals surface area (Å²) in [4.78, 5) is 16.3. The number of nitrogens with one attached hydrogen (secondary N) is 2. The van der Waals surface area contributed by atoms with Crippen LogP contribution in [0.3, 0.4) is 0 Å². The summed E-state index contributed by atoms with van der Waals surface area (Å²) in [6.45, 7) is 4.70. The molecule has 1 aromatic carbocycles. The number of hydrogen-bond donors (Lipinski definition) is 2. The van der Waals surface area contributed by atoms with Gasteiger partial charge in [-0.1, -0.05) is 32.0 Å². The first-order chi connectivity index (χ1) is 12.8. The maximum atomic E-state index is 12.5. The van der Waals surface area contributed by atoms with Gasteiger partial charge in [0.25, 0.3) is 5.91 Å². The van der Waals surface area contributed by atoms with Crippen molar-refractivity contribution in [3.63, 3.8) is 0 Å². The number of carbonyl (C=O) groups is 1. The third-order valence-corrected chi connectivity index (χ3v) is 5.07. The molecule has 0 radical (unpaired) electrons. The highest BCUT2D eigenvalue weighted by molar-refractivity contribution is 7.91. The number of rotatable bonds is 9. The molecule has 0 saturated carbocycles. The van der Waals surface area contributed by atoms with Crippen LogP contribution >= 0.6 is 0 Å². The summed E-state index contributed by atoms with van der Waals surface area (Å²) in [6.07, 6.45) is 3.73. The van der Waals surface area contributed by atoms with Crippen molar-refractivity contribution >= 4 is 21.6 Å². The summed E-state index contributed by atoms with van der Waals surface area (Å²) >= 11 is 0. The Kier molecular flexibility index (Phi) is 7.18. The average Bonchev–Trinajstić information content (AvgIpc) is 2.61. The molecule has 0 unspecified atom stereocenters. The van der Waals surface area contributed by atoms with E-state index >= 15 is 0 Å². The number of nitrogens with zero attached hydrogens (tertiary/aromatic N) is 1. The molecule has 2 rings (SSSR count). The summed E-state index contributed by atoms with van der Waals surface area (Å²) < 4.78 is 32.6. The van der Waals surface area contributed by atoms with Gasteiger partial charge in [0.05, 0.1) is 30.9 Å². The Morgan fingerprint density at radius 1 is 1.22 bits per heavy atom. The molecule has 0 atom stereocenters. The van der Waals surface area contributed by atoms with E-state index in [1.54, 1.807) is 24.3 Å². The normalized spacial score (nSPS) is 11.3. The molecule has 0 aliphatic rings. The molecule has 2 N–H and O–H groups in total. The van der Waals surface area contributed by atoms with Crippen LogP contribution in [0.4, 0.5) is 5.69 Å². The number of anilines is 1. The van der Waals surface area contributed by atoms with E-state index in [-0.39, 0.29) is 11.7 Å². The average molecular weight is 391 g/mol. The lowest BCUT2D eigenvalue weighted by atomic mass is 10.1. The molecule has 146 valence electrons. The van der Waals surface area contributed by atoms with E-state index < -0.39 is 10.0 Å². The third kappa shape index (κ3) is 6.56. The van der Waals surface area contributed by atoms with Crippen LogP contribution in [0.2, 0.25) is 0 Å². The van der Waals surface area contributed by atoms with Crippen molar-refractivity contribution in [3.8, 4) is 5.75 Å². The summed E-state index contributed by atoms with van der Waals surface area (Å²) in [5.74, 6) is 0.323. The first-order valence-corrected chi connectivity index (χ1v) is 10.3. The molecule has 0 fully saturated rings. The van der Waals surface area contributed by atoms with E-state index in [4.69, 9.17) is 4.74 Å². The maximum absolute atomic E-state index is 12.5. The number of carbonyl (C=O) groups excluding carboxylic acids is 1. The summed E-state index contributed by atoms with van der Waals surface area (Å²) in [6, 6.07) is 8.23. The van der Waals surface area contributed by atoms with Crippen LogP contribution in [-0.4, -0.2) is 33.0 Å². The first kappa shape index (κ1) is 20.7. The van der Waals surface area contributed by atoms with Gasteiger partial charge in [0, 0.05) is 18.2 Å². The van der Waals surface area contributed by atoms with Gasteiger partial charge in [-0.2, -0.15) is 0 Å². The summed E-state index contributed by atoms with van der Waals surface area (Å²) in [7, 11) is -2.25. The van der Waals surface area contributed by atoms with Gasteiger partial charge in [0.1, 0.15) is 5.75 Å². The molecule has 1 heterocycles. The highest BCUT2D eigenvalue weighted by Gasteiger charge is 2.18. The van der Waals surface area contributed by atoms with Gasteiger partial charge in [-0.25, -0.2) is 8.42 Å². The second-order valence-corrected chi connectivity index (χ2v) is 8.29. The number of sulfonamides is 1. The maximum Gasteiger partial charge on any atom is 0.251 e. The fourth-order valence-corrected chi connectivity index (χ4v) is 3.65. The number of pyridine rings is 1. The molecule has 0 saturated heterocycles. The highest BCUT2D eigenvalue weighted by atomic mass is 32.2. The largest absolute Gasteiger partial charge is 0.495 e. The Bertz CT molecular complexity index is 882. The molecule has 0 spiro atoms. The van der Waals surface area contributed by atoms with Crippen LogP contribution in [0.1, 0.15) is 36.2 Å². The Labute approximate surface area is 160 Å². The second kappa shape index (κ2) is 9.36. The Morgan fingerprint density at radius 2 is 1.96 bits per heavy atom. The predicted octanol–water partition coefficient (Wildman–Crippen LogP) is 2.81. The quantitative estimate of drug-likeness (QED) is 0.685. The Balaban J connectivity index is 2.12. The second-order valence-electron chi connectivity index (χ2n) is 6.57. The fourth-order valence-electron chi connectivity index (χ4n) is 2.44. The molecule has 7 nitrogen and oxygen atoms in total.